The second kappa shape index (κ2) is 6.28. The number of hydrogen-bond donors (Lipinski definition) is 0. The molecule has 0 N–H and O–H groups in total. The van der Waals surface area contributed by atoms with Crippen LogP contribution in [0.15, 0.2) is 60.7 Å². The largest absolute Gasteiger partial charge is 0.453 e. The molecule has 2 aromatic rings. The van der Waals surface area contributed by atoms with Crippen molar-refractivity contribution in [1.29, 1.82) is 0 Å². The van der Waals surface area contributed by atoms with Gasteiger partial charge in [-0.3, -0.25) is 0 Å². The Hall–Kier alpha value is -1.96. The summed E-state index contributed by atoms with van der Waals surface area (Å²) in [5.41, 5.74) is 0. The molecule has 0 aliphatic carbocycles. The third-order valence-corrected chi connectivity index (χ3v) is 2.86. The summed E-state index contributed by atoms with van der Waals surface area (Å²) in [6.45, 7) is 4.11. The molecule has 0 atom stereocenters. The van der Waals surface area contributed by atoms with Crippen molar-refractivity contribution in [2.45, 2.75) is 32.5 Å². The van der Waals surface area contributed by atoms with E-state index in [1.807, 2.05) is 67.6 Å². The molecular formula is C17H20O2. The van der Waals surface area contributed by atoms with Crippen LogP contribution in [0.25, 0.3) is 0 Å². The number of benzene rings is 2. The molecule has 2 rings (SSSR count). The zero-order chi connectivity index (χ0) is 13.6. The minimum absolute atomic E-state index is 0.641. The summed E-state index contributed by atoms with van der Waals surface area (Å²) in [6.07, 6.45) is 1.83. The van der Waals surface area contributed by atoms with Crippen molar-refractivity contribution < 1.29 is 9.47 Å². The molecule has 0 saturated heterocycles. The Morgan fingerprint density at radius 3 is 1.58 bits per heavy atom. The van der Waals surface area contributed by atoms with Gasteiger partial charge >= 0.3 is 0 Å². The summed E-state index contributed by atoms with van der Waals surface area (Å²) in [5.74, 6) is 1.01. The Morgan fingerprint density at radius 2 is 1.21 bits per heavy atom. The normalized spacial score (nSPS) is 11.1. The zero-order valence-electron chi connectivity index (χ0n) is 11.5. The maximum atomic E-state index is 6.02. The molecule has 2 nitrogen and oxygen atoms in total. The van der Waals surface area contributed by atoms with Gasteiger partial charge in [-0.1, -0.05) is 43.3 Å². The molecule has 19 heavy (non-hydrogen) atoms. The maximum Gasteiger partial charge on any atom is 0.248 e. The first-order valence-electron chi connectivity index (χ1n) is 6.70. The van der Waals surface area contributed by atoms with Crippen LogP contribution in [0, 0.1) is 0 Å². The van der Waals surface area contributed by atoms with E-state index in [9.17, 15) is 0 Å². The Kier molecular flexibility index (Phi) is 4.45. The molecule has 0 spiro atoms. The number of hydrogen-bond acceptors (Lipinski definition) is 2. The van der Waals surface area contributed by atoms with Crippen molar-refractivity contribution in [2.75, 3.05) is 0 Å². The average molecular weight is 256 g/mol. The number of para-hydroxylation sites is 2. The number of ether oxygens (including phenoxy) is 2. The van der Waals surface area contributed by atoms with Crippen LogP contribution in [0.3, 0.4) is 0 Å². The van der Waals surface area contributed by atoms with Crippen molar-refractivity contribution >= 4 is 0 Å². The minimum Gasteiger partial charge on any atom is -0.453 e. The summed E-state index contributed by atoms with van der Waals surface area (Å²) >= 11 is 0. The van der Waals surface area contributed by atoms with E-state index in [0.29, 0.717) is 0 Å². The Balaban J connectivity index is 2.13. The topological polar surface area (TPSA) is 18.5 Å². The Labute approximate surface area is 115 Å². The fraction of sp³-hybridized carbons (Fsp3) is 0.294. The summed E-state index contributed by atoms with van der Waals surface area (Å²) in [7, 11) is 0. The third kappa shape index (κ3) is 4.02. The van der Waals surface area contributed by atoms with Crippen LogP contribution in [0.2, 0.25) is 0 Å². The molecular weight excluding hydrogens is 236 g/mol. The standard InChI is InChI=1S/C17H20O2/c1-3-14-17(2,18-15-10-6-4-7-11-15)19-16-12-8-5-9-13-16/h4-13H,3,14H2,1-2H3. The van der Waals surface area contributed by atoms with Gasteiger partial charge < -0.3 is 9.47 Å². The molecule has 0 bridgehead atoms. The molecule has 2 aromatic carbocycles. The van der Waals surface area contributed by atoms with Crippen LogP contribution in [-0.2, 0) is 0 Å². The van der Waals surface area contributed by atoms with Crippen molar-refractivity contribution in [2.24, 2.45) is 0 Å². The molecule has 0 heterocycles. The van der Waals surface area contributed by atoms with Crippen LogP contribution in [0.1, 0.15) is 26.7 Å². The fourth-order valence-electron chi connectivity index (χ4n) is 2.05. The highest BCUT2D eigenvalue weighted by Gasteiger charge is 2.27. The van der Waals surface area contributed by atoms with Crippen molar-refractivity contribution in [3.8, 4) is 11.5 Å². The first kappa shape index (κ1) is 13.5. The molecule has 0 fully saturated rings. The summed E-state index contributed by atoms with van der Waals surface area (Å²) in [4.78, 5) is 0. The SMILES string of the molecule is CCCC(C)(Oc1ccccc1)Oc1ccccc1. The van der Waals surface area contributed by atoms with Gasteiger partial charge in [-0.15, -0.1) is 0 Å². The van der Waals surface area contributed by atoms with Gasteiger partial charge in [0.15, 0.2) is 0 Å². The van der Waals surface area contributed by atoms with Crippen LogP contribution in [0.4, 0.5) is 0 Å². The van der Waals surface area contributed by atoms with Crippen LogP contribution < -0.4 is 9.47 Å². The van der Waals surface area contributed by atoms with Gasteiger partial charge in [-0.25, -0.2) is 0 Å². The van der Waals surface area contributed by atoms with E-state index in [-0.39, 0.29) is 0 Å². The lowest BCUT2D eigenvalue weighted by molar-refractivity contribution is -0.104. The van der Waals surface area contributed by atoms with Gasteiger partial charge in [0, 0.05) is 13.3 Å². The summed E-state index contributed by atoms with van der Waals surface area (Å²) < 4.78 is 12.0. The Morgan fingerprint density at radius 1 is 0.789 bits per heavy atom. The molecule has 0 radical (unpaired) electrons. The van der Waals surface area contributed by atoms with Crippen LogP contribution in [-0.4, -0.2) is 5.79 Å². The Bertz CT molecular complexity index is 438. The van der Waals surface area contributed by atoms with E-state index in [0.717, 1.165) is 24.3 Å². The quantitative estimate of drug-likeness (QED) is 0.700. The lowest BCUT2D eigenvalue weighted by Crippen LogP contribution is -2.38. The van der Waals surface area contributed by atoms with Gasteiger partial charge in [-0.05, 0) is 30.7 Å². The van der Waals surface area contributed by atoms with Crippen LogP contribution in [0.5, 0.6) is 11.5 Å². The predicted molar refractivity (Wildman–Crippen MR) is 77.5 cm³/mol. The summed E-state index contributed by atoms with van der Waals surface area (Å²) in [5, 5.41) is 0. The highest BCUT2D eigenvalue weighted by Crippen LogP contribution is 2.26. The maximum absolute atomic E-state index is 6.02. The molecule has 0 amide bonds. The average Bonchev–Trinajstić information content (AvgIpc) is 2.41. The zero-order valence-corrected chi connectivity index (χ0v) is 11.5. The van der Waals surface area contributed by atoms with E-state index in [1.54, 1.807) is 0 Å². The van der Waals surface area contributed by atoms with Crippen LogP contribution >= 0.6 is 0 Å². The van der Waals surface area contributed by atoms with Gasteiger partial charge in [0.1, 0.15) is 11.5 Å². The van der Waals surface area contributed by atoms with E-state index in [4.69, 9.17) is 9.47 Å². The van der Waals surface area contributed by atoms with Crippen molar-refractivity contribution in [3.05, 3.63) is 60.7 Å². The lowest BCUT2D eigenvalue weighted by atomic mass is 10.1. The first-order chi connectivity index (χ1) is 9.22. The second-order valence-electron chi connectivity index (χ2n) is 4.71. The van der Waals surface area contributed by atoms with Gasteiger partial charge in [0.05, 0.1) is 0 Å². The predicted octanol–water partition coefficient (Wildman–Crippen LogP) is 4.66. The number of rotatable bonds is 6. The summed E-state index contributed by atoms with van der Waals surface area (Å²) in [6, 6.07) is 19.6. The monoisotopic (exact) mass is 256 g/mol. The smallest absolute Gasteiger partial charge is 0.248 e. The molecule has 0 aliphatic heterocycles. The van der Waals surface area contributed by atoms with E-state index >= 15 is 0 Å². The third-order valence-electron chi connectivity index (χ3n) is 2.86. The van der Waals surface area contributed by atoms with Gasteiger partial charge in [0.2, 0.25) is 5.79 Å². The van der Waals surface area contributed by atoms with Gasteiger partial charge in [0.25, 0.3) is 0 Å². The molecule has 100 valence electrons. The molecule has 0 unspecified atom stereocenters. The minimum atomic E-state index is -0.641. The fourth-order valence-corrected chi connectivity index (χ4v) is 2.05. The first-order valence-corrected chi connectivity index (χ1v) is 6.70. The highest BCUT2D eigenvalue weighted by atomic mass is 16.7. The lowest BCUT2D eigenvalue weighted by Gasteiger charge is -2.31. The van der Waals surface area contributed by atoms with E-state index in [2.05, 4.69) is 6.92 Å². The van der Waals surface area contributed by atoms with Crippen molar-refractivity contribution in [3.63, 3.8) is 0 Å². The van der Waals surface area contributed by atoms with E-state index < -0.39 is 5.79 Å². The second-order valence-corrected chi connectivity index (χ2v) is 4.71. The molecule has 0 aromatic heterocycles. The van der Waals surface area contributed by atoms with E-state index in [1.165, 1.54) is 0 Å². The molecule has 0 aliphatic rings. The molecule has 2 heteroatoms. The highest BCUT2D eigenvalue weighted by molar-refractivity contribution is 5.24. The van der Waals surface area contributed by atoms with Crippen molar-refractivity contribution in [1.82, 2.24) is 0 Å². The van der Waals surface area contributed by atoms with Gasteiger partial charge in [-0.2, -0.15) is 0 Å². The molecule has 0 saturated carbocycles.